The molecule has 0 saturated carbocycles. The molecule has 2 aromatic heterocycles. The third kappa shape index (κ3) is 1.73. The summed E-state index contributed by atoms with van der Waals surface area (Å²) in [5.74, 6) is 0. The molecule has 2 aromatic rings. The molecule has 0 spiro atoms. The Morgan fingerprint density at radius 2 is 2.00 bits per heavy atom. The Morgan fingerprint density at radius 3 is 2.60 bits per heavy atom. The summed E-state index contributed by atoms with van der Waals surface area (Å²) in [4.78, 5) is 9.42. The molecule has 2 heterocycles. The minimum absolute atomic E-state index is 0.101. The molecule has 0 aliphatic carbocycles. The van der Waals surface area contributed by atoms with E-state index in [0.29, 0.717) is 10.2 Å². The minimum Gasteiger partial charge on any atom is -0.225 e. The van der Waals surface area contributed by atoms with Crippen LogP contribution in [0.3, 0.4) is 0 Å². The molecule has 4 nitrogen and oxygen atoms in total. The van der Waals surface area contributed by atoms with Crippen molar-refractivity contribution in [3.63, 3.8) is 0 Å². The molecule has 0 bridgehead atoms. The normalized spacial score (nSPS) is 12.2. The molecule has 0 aliphatic heterocycles. The third-order valence-electron chi connectivity index (χ3n) is 2.16. The van der Waals surface area contributed by atoms with Gasteiger partial charge in [-0.3, -0.25) is 0 Å². The van der Waals surface area contributed by atoms with Crippen LogP contribution >= 0.6 is 22.0 Å². The van der Waals surface area contributed by atoms with Gasteiger partial charge in [0.25, 0.3) is 9.05 Å². The number of thiophene rings is 1. The highest BCUT2D eigenvalue weighted by atomic mass is 35.7. The van der Waals surface area contributed by atoms with Gasteiger partial charge in [-0.2, -0.15) is 0 Å². The summed E-state index contributed by atoms with van der Waals surface area (Å²) in [7, 11) is 1.49. The second-order valence-corrected chi connectivity index (χ2v) is 6.76. The second kappa shape index (κ2) is 3.40. The lowest BCUT2D eigenvalue weighted by molar-refractivity contribution is 0.607. The van der Waals surface area contributed by atoms with Gasteiger partial charge < -0.3 is 0 Å². The molecule has 0 amide bonds. The molecule has 15 heavy (non-hydrogen) atoms. The van der Waals surface area contributed by atoms with Gasteiger partial charge in [0.1, 0.15) is 11.2 Å². The van der Waals surface area contributed by atoms with Crippen molar-refractivity contribution in [3.05, 3.63) is 16.8 Å². The van der Waals surface area contributed by atoms with Gasteiger partial charge >= 0.3 is 0 Å². The quantitative estimate of drug-likeness (QED) is 0.584. The molecule has 0 atom stereocenters. The van der Waals surface area contributed by atoms with Crippen molar-refractivity contribution in [2.24, 2.45) is 0 Å². The summed E-state index contributed by atoms with van der Waals surface area (Å²) in [6, 6.07) is 0. The number of hydrogen-bond acceptors (Lipinski definition) is 5. The fourth-order valence-corrected chi connectivity index (χ4v) is 3.41. The summed E-state index contributed by atoms with van der Waals surface area (Å²) in [5, 5.41) is 0.436. The van der Waals surface area contributed by atoms with E-state index in [1.54, 1.807) is 0 Å². The summed E-state index contributed by atoms with van der Waals surface area (Å²) in [5.41, 5.74) is 0.870. The van der Waals surface area contributed by atoms with Gasteiger partial charge in [-0.25, -0.2) is 18.4 Å². The average molecular weight is 263 g/mol. The lowest BCUT2D eigenvalue weighted by Gasteiger charge is -1.97. The van der Waals surface area contributed by atoms with Crippen molar-refractivity contribution >= 4 is 41.3 Å². The van der Waals surface area contributed by atoms with Crippen LogP contribution < -0.4 is 0 Å². The van der Waals surface area contributed by atoms with Crippen molar-refractivity contribution < 1.29 is 8.42 Å². The second-order valence-electron chi connectivity index (χ2n) is 3.08. The van der Waals surface area contributed by atoms with E-state index < -0.39 is 9.05 Å². The molecular formula is C8H7ClN2O2S2. The maximum absolute atomic E-state index is 11.3. The number of nitrogens with zero attached hydrogens (tertiary/aromatic N) is 2. The van der Waals surface area contributed by atoms with Crippen molar-refractivity contribution in [2.75, 3.05) is 0 Å². The Bertz CT molecular complexity index is 633. The van der Waals surface area contributed by atoms with Crippen LogP contribution in [0.1, 0.15) is 10.4 Å². The Morgan fingerprint density at radius 1 is 1.33 bits per heavy atom. The molecule has 0 aromatic carbocycles. The van der Waals surface area contributed by atoms with E-state index in [-0.39, 0.29) is 5.03 Å². The SMILES string of the molecule is Cc1sc2ncnc(S(=O)(=O)Cl)c2c1C. The molecule has 0 aliphatic rings. The Kier molecular flexibility index (Phi) is 2.44. The van der Waals surface area contributed by atoms with Crippen molar-refractivity contribution in [3.8, 4) is 0 Å². The first-order valence-corrected chi connectivity index (χ1v) is 7.19. The van der Waals surface area contributed by atoms with Gasteiger partial charge in [-0.05, 0) is 19.4 Å². The predicted octanol–water partition coefficient (Wildman–Crippen LogP) is 2.24. The van der Waals surface area contributed by atoms with E-state index in [4.69, 9.17) is 10.7 Å². The predicted molar refractivity (Wildman–Crippen MR) is 59.9 cm³/mol. The minimum atomic E-state index is -3.81. The summed E-state index contributed by atoms with van der Waals surface area (Å²) in [6.45, 7) is 3.75. The molecule has 0 saturated heterocycles. The van der Waals surface area contributed by atoms with E-state index in [1.807, 2.05) is 13.8 Å². The fraction of sp³-hybridized carbons (Fsp3) is 0.250. The largest absolute Gasteiger partial charge is 0.279 e. The molecule has 0 unspecified atom stereocenters. The summed E-state index contributed by atoms with van der Waals surface area (Å²) in [6.07, 6.45) is 1.22. The highest BCUT2D eigenvalue weighted by Crippen LogP contribution is 2.32. The van der Waals surface area contributed by atoms with Crippen LogP contribution in [0.15, 0.2) is 11.4 Å². The molecule has 0 radical (unpaired) electrons. The van der Waals surface area contributed by atoms with E-state index >= 15 is 0 Å². The zero-order valence-corrected chi connectivity index (χ0v) is 10.4. The van der Waals surface area contributed by atoms with E-state index in [0.717, 1.165) is 10.4 Å². The lowest BCUT2D eigenvalue weighted by Crippen LogP contribution is -1.97. The van der Waals surface area contributed by atoms with Crippen molar-refractivity contribution in [1.29, 1.82) is 0 Å². The summed E-state index contributed by atoms with van der Waals surface area (Å²) >= 11 is 1.43. The lowest BCUT2D eigenvalue weighted by atomic mass is 10.2. The topological polar surface area (TPSA) is 59.9 Å². The molecule has 2 rings (SSSR count). The number of fused-ring (bicyclic) bond motifs is 1. The van der Waals surface area contributed by atoms with Gasteiger partial charge in [-0.1, -0.05) is 0 Å². The van der Waals surface area contributed by atoms with Gasteiger partial charge in [0.05, 0.1) is 5.39 Å². The van der Waals surface area contributed by atoms with Gasteiger partial charge in [0.2, 0.25) is 0 Å². The zero-order valence-electron chi connectivity index (χ0n) is 7.98. The van der Waals surface area contributed by atoms with E-state index in [9.17, 15) is 8.42 Å². The van der Waals surface area contributed by atoms with Gasteiger partial charge in [0.15, 0.2) is 5.03 Å². The maximum atomic E-state index is 11.3. The standard InChI is InChI=1S/C8H7ClN2O2S2/c1-4-5(2)14-7-6(4)8(11-3-10-7)15(9,12)13/h3H,1-2H3. The van der Waals surface area contributed by atoms with Gasteiger partial charge in [-0.15, -0.1) is 11.3 Å². The molecule has 0 N–H and O–H groups in total. The van der Waals surface area contributed by atoms with Crippen LogP contribution in [0.4, 0.5) is 0 Å². The fourth-order valence-electron chi connectivity index (χ4n) is 1.33. The molecular weight excluding hydrogens is 256 g/mol. The first-order chi connectivity index (χ1) is 6.91. The third-order valence-corrected chi connectivity index (χ3v) is 4.49. The van der Waals surface area contributed by atoms with Gasteiger partial charge in [0, 0.05) is 15.6 Å². The molecule has 7 heteroatoms. The highest BCUT2D eigenvalue weighted by Gasteiger charge is 2.20. The first kappa shape index (κ1) is 10.8. The first-order valence-electron chi connectivity index (χ1n) is 4.06. The zero-order chi connectivity index (χ0) is 11.2. The van der Waals surface area contributed by atoms with Crippen molar-refractivity contribution in [2.45, 2.75) is 18.9 Å². The number of rotatable bonds is 1. The Hall–Kier alpha value is -0.720. The van der Waals surface area contributed by atoms with Crippen LogP contribution in [0.25, 0.3) is 10.2 Å². The van der Waals surface area contributed by atoms with Crippen LogP contribution in [-0.4, -0.2) is 18.4 Å². The molecule has 0 fully saturated rings. The number of aryl methyl sites for hydroxylation is 2. The average Bonchev–Trinajstić information content (AvgIpc) is 2.41. The van der Waals surface area contributed by atoms with Crippen LogP contribution in [0.5, 0.6) is 0 Å². The van der Waals surface area contributed by atoms with Crippen LogP contribution in [-0.2, 0) is 9.05 Å². The molecule has 80 valence electrons. The monoisotopic (exact) mass is 262 g/mol. The van der Waals surface area contributed by atoms with Crippen LogP contribution in [0.2, 0.25) is 0 Å². The van der Waals surface area contributed by atoms with E-state index in [1.165, 1.54) is 17.7 Å². The summed E-state index contributed by atoms with van der Waals surface area (Å²) < 4.78 is 22.6. The Labute approximate surface area is 95.4 Å². The van der Waals surface area contributed by atoms with E-state index in [2.05, 4.69) is 9.97 Å². The van der Waals surface area contributed by atoms with Crippen molar-refractivity contribution in [1.82, 2.24) is 9.97 Å². The maximum Gasteiger partial charge on any atom is 0.279 e. The highest BCUT2D eigenvalue weighted by molar-refractivity contribution is 8.13. The number of aromatic nitrogens is 2. The Balaban J connectivity index is 2.99. The number of halogens is 1. The number of hydrogen-bond donors (Lipinski definition) is 0. The van der Waals surface area contributed by atoms with Crippen LogP contribution in [0, 0.1) is 13.8 Å². The smallest absolute Gasteiger partial charge is 0.225 e.